The molecule has 1 rings (SSSR count). The first-order valence-corrected chi connectivity index (χ1v) is 8.03. The van der Waals surface area contributed by atoms with Crippen LogP contribution in [0, 0.1) is 0 Å². The third-order valence-corrected chi connectivity index (χ3v) is 3.54. The number of hydrogen-bond donors (Lipinski definition) is 0. The van der Waals surface area contributed by atoms with Gasteiger partial charge in [0.25, 0.3) is 0 Å². The van der Waals surface area contributed by atoms with E-state index in [1.54, 1.807) is 0 Å². The normalized spacial score (nSPS) is 19.0. The molecule has 0 unspecified atom stereocenters. The Morgan fingerprint density at radius 2 is 1.86 bits per heavy atom. The Labute approximate surface area is 127 Å². The van der Waals surface area contributed by atoms with E-state index in [0.29, 0.717) is 32.7 Å². The second kappa shape index (κ2) is 9.60. The lowest BCUT2D eigenvalue weighted by molar-refractivity contribution is -0.163. The minimum Gasteiger partial charge on any atom is -0.464 e. The molecule has 0 aromatic rings. The van der Waals surface area contributed by atoms with E-state index in [2.05, 4.69) is 6.92 Å². The van der Waals surface area contributed by atoms with Crippen LogP contribution in [0.15, 0.2) is 0 Å². The molecule has 1 aliphatic rings. The number of ether oxygens (including phenoxy) is 1. The highest BCUT2D eigenvalue weighted by Gasteiger charge is 2.38. The zero-order chi connectivity index (χ0) is 15.7. The van der Waals surface area contributed by atoms with Gasteiger partial charge in [0, 0.05) is 6.54 Å². The summed E-state index contributed by atoms with van der Waals surface area (Å²) in [4.78, 5) is 31.4. The summed E-state index contributed by atoms with van der Waals surface area (Å²) in [6, 6.07) is -0.720. The van der Waals surface area contributed by atoms with Gasteiger partial charge in [0.1, 0.15) is 6.04 Å². The third kappa shape index (κ3) is 5.19. The molecule has 0 radical (unpaired) electrons. The Bertz CT molecular complexity index is 336. The minimum atomic E-state index is -0.481. The maximum atomic E-state index is 12.3. The van der Waals surface area contributed by atoms with Gasteiger partial charge >= 0.3 is 12.0 Å². The quantitative estimate of drug-likeness (QED) is 0.485. The van der Waals surface area contributed by atoms with E-state index in [9.17, 15) is 9.59 Å². The lowest BCUT2D eigenvalue weighted by Gasteiger charge is -2.38. The molecule has 0 aliphatic carbocycles. The van der Waals surface area contributed by atoms with Gasteiger partial charge in [0.05, 0.1) is 19.8 Å². The largest absolute Gasteiger partial charge is 0.464 e. The summed E-state index contributed by atoms with van der Waals surface area (Å²) in [5.41, 5.74) is 0. The molecule has 0 spiro atoms. The van der Waals surface area contributed by atoms with Crippen LogP contribution in [-0.4, -0.2) is 54.3 Å². The van der Waals surface area contributed by atoms with Crippen LogP contribution in [-0.2, 0) is 14.4 Å². The second-order valence-corrected chi connectivity index (χ2v) is 5.18. The highest BCUT2D eigenvalue weighted by molar-refractivity contribution is 5.84. The van der Waals surface area contributed by atoms with E-state index >= 15 is 0 Å². The number of hydroxylamine groups is 2. The number of esters is 1. The first kappa shape index (κ1) is 17.8. The first-order valence-electron chi connectivity index (χ1n) is 8.03. The van der Waals surface area contributed by atoms with Crippen molar-refractivity contribution in [2.45, 2.75) is 58.9 Å². The molecule has 0 saturated carbocycles. The summed E-state index contributed by atoms with van der Waals surface area (Å²) in [5, 5.41) is 1.37. The van der Waals surface area contributed by atoms with Gasteiger partial charge in [-0.1, -0.05) is 26.7 Å². The van der Waals surface area contributed by atoms with Crippen molar-refractivity contribution < 1.29 is 19.2 Å². The number of carbonyl (C=O) groups excluding carboxylic acids is 2. The van der Waals surface area contributed by atoms with Gasteiger partial charge < -0.3 is 9.64 Å². The van der Waals surface area contributed by atoms with E-state index in [4.69, 9.17) is 9.57 Å². The van der Waals surface area contributed by atoms with Crippen molar-refractivity contribution in [3.63, 3.8) is 0 Å². The minimum absolute atomic E-state index is 0.239. The number of urea groups is 1. The topological polar surface area (TPSA) is 59.1 Å². The molecular weight excluding hydrogens is 272 g/mol. The second-order valence-electron chi connectivity index (χ2n) is 5.18. The van der Waals surface area contributed by atoms with Crippen molar-refractivity contribution in [1.82, 2.24) is 9.96 Å². The maximum absolute atomic E-state index is 12.3. The number of likely N-dealkylation sites (N-methyl/N-ethyl adjacent to an activating group) is 1. The molecule has 1 saturated heterocycles. The Morgan fingerprint density at radius 3 is 2.48 bits per heavy atom. The molecule has 0 aromatic carbocycles. The average Bonchev–Trinajstić information content (AvgIpc) is 2.49. The van der Waals surface area contributed by atoms with Crippen molar-refractivity contribution in [2.75, 3.05) is 26.3 Å². The summed E-state index contributed by atoms with van der Waals surface area (Å²) in [5.74, 6) is -0.299. The fourth-order valence-electron chi connectivity index (χ4n) is 2.22. The third-order valence-electron chi connectivity index (χ3n) is 3.54. The van der Waals surface area contributed by atoms with Crippen LogP contribution in [0.2, 0.25) is 0 Å². The molecule has 0 N–H and O–H groups in total. The Morgan fingerprint density at radius 1 is 1.19 bits per heavy atom. The van der Waals surface area contributed by atoms with Gasteiger partial charge in [0.15, 0.2) is 0 Å². The van der Waals surface area contributed by atoms with Crippen molar-refractivity contribution in [3.05, 3.63) is 0 Å². The number of amides is 2. The lowest BCUT2D eigenvalue weighted by Crippen LogP contribution is -2.57. The van der Waals surface area contributed by atoms with Crippen molar-refractivity contribution in [1.29, 1.82) is 0 Å². The Kier molecular flexibility index (Phi) is 8.12. The number of unbranched alkanes of at least 4 members (excludes halogenated alkanes) is 2. The predicted molar refractivity (Wildman–Crippen MR) is 79.6 cm³/mol. The van der Waals surface area contributed by atoms with Gasteiger partial charge in [-0.2, -0.15) is 0 Å². The summed E-state index contributed by atoms with van der Waals surface area (Å²) in [6.07, 6.45) is 4.32. The van der Waals surface area contributed by atoms with E-state index in [1.807, 2.05) is 13.8 Å². The summed E-state index contributed by atoms with van der Waals surface area (Å²) >= 11 is 0. The summed E-state index contributed by atoms with van der Waals surface area (Å²) in [7, 11) is 0. The van der Waals surface area contributed by atoms with Crippen molar-refractivity contribution in [3.8, 4) is 0 Å². The molecule has 0 bridgehead atoms. The van der Waals surface area contributed by atoms with Crippen LogP contribution in [0.4, 0.5) is 4.79 Å². The van der Waals surface area contributed by atoms with Gasteiger partial charge in [-0.3, -0.25) is 4.84 Å². The van der Waals surface area contributed by atoms with Crippen LogP contribution in [0.3, 0.4) is 0 Å². The van der Waals surface area contributed by atoms with E-state index < -0.39 is 6.04 Å². The highest BCUT2D eigenvalue weighted by Crippen LogP contribution is 2.18. The summed E-state index contributed by atoms with van der Waals surface area (Å²) in [6.45, 7) is 7.84. The van der Waals surface area contributed by atoms with Gasteiger partial charge in [-0.05, 0) is 26.2 Å². The molecule has 2 amide bonds. The van der Waals surface area contributed by atoms with E-state index in [-0.39, 0.29) is 12.0 Å². The molecule has 6 heteroatoms. The summed E-state index contributed by atoms with van der Waals surface area (Å²) < 4.78 is 5.24. The Hall–Kier alpha value is -1.30. The first-order chi connectivity index (χ1) is 10.2. The lowest BCUT2D eigenvalue weighted by atomic mass is 10.1. The highest BCUT2D eigenvalue weighted by atomic mass is 16.7. The smallest absolute Gasteiger partial charge is 0.344 e. The molecule has 6 nitrogen and oxygen atoms in total. The van der Waals surface area contributed by atoms with E-state index in [1.165, 1.54) is 9.96 Å². The number of nitrogens with zero attached hydrogens (tertiary/aromatic N) is 2. The van der Waals surface area contributed by atoms with Crippen LogP contribution >= 0.6 is 0 Å². The number of rotatable bonds is 9. The molecular formula is C15H28N2O4. The predicted octanol–water partition coefficient (Wildman–Crippen LogP) is 2.58. The van der Waals surface area contributed by atoms with Crippen molar-refractivity contribution in [2.24, 2.45) is 0 Å². The number of carbonyl (C=O) groups is 2. The Balaban J connectivity index is 2.53. The molecule has 1 fully saturated rings. The van der Waals surface area contributed by atoms with E-state index in [0.717, 1.165) is 25.7 Å². The molecule has 21 heavy (non-hydrogen) atoms. The number of hydrogen-bond acceptors (Lipinski definition) is 4. The maximum Gasteiger partial charge on any atom is 0.344 e. The van der Waals surface area contributed by atoms with Gasteiger partial charge in [-0.15, -0.1) is 0 Å². The fraction of sp³-hybridized carbons (Fsp3) is 0.867. The zero-order valence-corrected chi connectivity index (χ0v) is 13.5. The van der Waals surface area contributed by atoms with Crippen LogP contribution in [0.1, 0.15) is 52.9 Å². The molecule has 1 atom stereocenters. The van der Waals surface area contributed by atoms with Crippen LogP contribution < -0.4 is 0 Å². The molecule has 122 valence electrons. The molecule has 0 aromatic heterocycles. The molecule has 1 aliphatic heterocycles. The van der Waals surface area contributed by atoms with Crippen LogP contribution in [0.25, 0.3) is 0 Å². The molecule has 1 heterocycles. The van der Waals surface area contributed by atoms with Crippen molar-refractivity contribution >= 4 is 12.0 Å². The zero-order valence-electron chi connectivity index (χ0n) is 13.5. The SMILES string of the molecule is CCCCOC(=O)[C@@H]1CCN(OCCCC)C(=O)N1CC. The standard InChI is InChI=1S/C15H28N2O4/c1-4-7-11-20-14(18)13-9-10-17(21-12-8-5-2)15(19)16(13)6-3/h13H,4-12H2,1-3H3/t13-/m0/s1. The average molecular weight is 300 g/mol. The monoisotopic (exact) mass is 300 g/mol. The van der Waals surface area contributed by atoms with Gasteiger partial charge in [-0.25, -0.2) is 14.7 Å². The van der Waals surface area contributed by atoms with Crippen LogP contribution in [0.5, 0.6) is 0 Å². The van der Waals surface area contributed by atoms with Gasteiger partial charge in [0.2, 0.25) is 0 Å². The fourth-order valence-corrected chi connectivity index (χ4v) is 2.22.